The monoisotopic (exact) mass is 292 g/mol. The second kappa shape index (κ2) is 10.5. The van der Waals surface area contributed by atoms with Gasteiger partial charge in [-0.05, 0) is 12.5 Å². The van der Waals surface area contributed by atoms with Crippen LogP contribution in [0.4, 0.5) is 0 Å². The summed E-state index contributed by atoms with van der Waals surface area (Å²) in [6.07, 6.45) is 6.51. The number of hydrogen-bond donors (Lipinski definition) is 2. The third-order valence-corrected chi connectivity index (χ3v) is 3.89. The number of carbonyl (C=O) groups is 1. The predicted octanol–water partition coefficient (Wildman–Crippen LogP) is 3.04. The molecule has 0 aliphatic carbocycles. The van der Waals surface area contributed by atoms with Gasteiger partial charge in [-0.2, -0.15) is 0 Å². The molecule has 0 atom stereocenters. The molecule has 1 heterocycles. The summed E-state index contributed by atoms with van der Waals surface area (Å²) in [6, 6.07) is 2.01. The average Bonchev–Trinajstić information content (AvgIpc) is 2.90. The summed E-state index contributed by atoms with van der Waals surface area (Å²) in [5.41, 5.74) is 6.31. The largest absolute Gasteiger partial charge is 0.351 e. The molecule has 0 radical (unpaired) electrons. The number of hydrogen-bond acceptors (Lipinski definition) is 3. The minimum atomic E-state index is 0.143. The maximum Gasteiger partial charge on any atom is 0.220 e. The zero-order chi connectivity index (χ0) is 14.6. The molecule has 0 aliphatic rings. The van der Waals surface area contributed by atoms with Crippen molar-refractivity contribution < 1.29 is 4.79 Å². The number of thiophene rings is 1. The summed E-state index contributed by atoms with van der Waals surface area (Å²) in [4.78, 5) is 12.8. The van der Waals surface area contributed by atoms with Crippen LogP contribution in [0.3, 0.4) is 0 Å². The van der Waals surface area contributed by atoms with Gasteiger partial charge in [0.05, 0.1) is 13.1 Å². The van der Waals surface area contributed by atoms with Gasteiger partial charge in [0.15, 0.2) is 0 Å². The Morgan fingerprint density at radius 3 is 2.90 bits per heavy atom. The van der Waals surface area contributed by atoms with Gasteiger partial charge < -0.3 is 11.1 Å². The first-order valence-electron chi connectivity index (χ1n) is 7.29. The first-order chi connectivity index (χ1) is 9.76. The van der Waals surface area contributed by atoms with Gasteiger partial charge in [-0.25, -0.2) is 0 Å². The number of amides is 1. The number of carbonyl (C=O) groups excluding carboxylic acids is 1. The molecule has 0 unspecified atom stereocenters. The van der Waals surface area contributed by atoms with E-state index in [1.165, 1.54) is 19.3 Å². The van der Waals surface area contributed by atoms with Gasteiger partial charge in [0.2, 0.25) is 5.91 Å². The Bertz CT molecular complexity index is 457. The Morgan fingerprint density at radius 1 is 1.35 bits per heavy atom. The molecule has 1 aromatic rings. The molecule has 20 heavy (non-hydrogen) atoms. The van der Waals surface area contributed by atoms with Crippen LogP contribution in [0.2, 0.25) is 0 Å². The van der Waals surface area contributed by atoms with E-state index in [9.17, 15) is 4.79 Å². The minimum Gasteiger partial charge on any atom is -0.351 e. The van der Waals surface area contributed by atoms with Crippen molar-refractivity contribution in [1.82, 2.24) is 5.32 Å². The van der Waals surface area contributed by atoms with Gasteiger partial charge in [0.25, 0.3) is 0 Å². The standard InChI is InChI=1S/C16H24N2OS/c1-2-3-4-5-6-9-16(19)18-12-15-11-14(13-20-15)8-7-10-17/h11,13H,2-6,9-10,12,17H2,1H3,(H,18,19). The van der Waals surface area contributed by atoms with E-state index >= 15 is 0 Å². The van der Waals surface area contributed by atoms with E-state index in [2.05, 4.69) is 24.1 Å². The van der Waals surface area contributed by atoms with Crippen LogP contribution in [0.15, 0.2) is 11.4 Å². The Labute approximate surface area is 126 Å². The molecular weight excluding hydrogens is 268 g/mol. The third kappa shape index (κ3) is 7.32. The third-order valence-electron chi connectivity index (χ3n) is 2.96. The number of unbranched alkanes of at least 4 members (excludes halogenated alkanes) is 4. The first kappa shape index (κ1) is 16.7. The lowest BCUT2D eigenvalue weighted by atomic mass is 10.1. The smallest absolute Gasteiger partial charge is 0.220 e. The van der Waals surface area contributed by atoms with Crippen LogP contribution in [0, 0.1) is 11.8 Å². The normalized spacial score (nSPS) is 9.90. The molecule has 0 bridgehead atoms. The average molecular weight is 292 g/mol. The van der Waals surface area contributed by atoms with Crippen LogP contribution in [0.5, 0.6) is 0 Å². The van der Waals surface area contributed by atoms with E-state index in [0.29, 0.717) is 19.5 Å². The Balaban J connectivity index is 2.18. The summed E-state index contributed by atoms with van der Waals surface area (Å²) in [7, 11) is 0. The first-order valence-corrected chi connectivity index (χ1v) is 8.17. The lowest BCUT2D eigenvalue weighted by Gasteiger charge is -2.03. The fourth-order valence-corrected chi connectivity index (χ4v) is 2.61. The van der Waals surface area contributed by atoms with Gasteiger partial charge >= 0.3 is 0 Å². The van der Waals surface area contributed by atoms with Crippen LogP contribution >= 0.6 is 11.3 Å². The lowest BCUT2D eigenvalue weighted by Crippen LogP contribution is -2.21. The number of nitrogens with two attached hydrogens (primary N) is 1. The Morgan fingerprint density at radius 2 is 2.15 bits per heavy atom. The summed E-state index contributed by atoms with van der Waals surface area (Å²) >= 11 is 1.62. The molecular formula is C16H24N2OS. The number of nitrogens with one attached hydrogen (secondary N) is 1. The highest BCUT2D eigenvalue weighted by molar-refractivity contribution is 7.10. The van der Waals surface area contributed by atoms with Gasteiger partial charge in [-0.15, -0.1) is 11.3 Å². The highest BCUT2D eigenvalue weighted by Crippen LogP contribution is 2.13. The summed E-state index contributed by atoms with van der Waals surface area (Å²) in [5.74, 6) is 5.96. The minimum absolute atomic E-state index is 0.143. The van der Waals surface area contributed by atoms with Gasteiger partial charge in [0, 0.05) is 22.2 Å². The maximum atomic E-state index is 11.7. The summed E-state index contributed by atoms with van der Waals surface area (Å²) < 4.78 is 0. The Kier molecular flexibility index (Phi) is 8.77. The Hall–Kier alpha value is -1.31. The lowest BCUT2D eigenvalue weighted by molar-refractivity contribution is -0.121. The van der Waals surface area contributed by atoms with Gasteiger partial charge in [0.1, 0.15) is 0 Å². The van der Waals surface area contributed by atoms with Crippen molar-refractivity contribution in [3.63, 3.8) is 0 Å². The van der Waals surface area contributed by atoms with Gasteiger partial charge in [-0.1, -0.05) is 44.4 Å². The van der Waals surface area contributed by atoms with Crippen LogP contribution in [0.25, 0.3) is 0 Å². The molecule has 1 amide bonds. The van der Waals surface area contributed by atoms with Crippen LogP contribution in [-0.2, 0) is 11.3 Å². The van der Waals surface area contributed by atoms with Crippen molar-refractivity contribution in [3.8, 4) is 11.8 Å². The van der Waals surface area contributed by atoms with E-state index in [1.807, 2.05) is 11.4 Å². The van der Waals surface area contributed by atoms with E-state index in [0.717, 1.165) is 23.3 Å². The van der Waals surface area contributed by atoms with Crippen LogP contribution < -0.4 is 11.1 Å². The van der Waals surface area contributed by atoms with Crippen molar-refractivity contribution >= 4 is 17.2 Å². The van der Waals surface area contributed by atoms with Crippen molar-refractivity contribution in [3.05, 3.63) is 21.9 Å². The molecule has 1 rings (SSSR count). The highest BCUT2D eigenvalue weighted by Gasteiger charge is 2.03. The van der Waals surface area contributed by atoms with E-state index in [4.69, 9.17) is 5.73 Å². The van der Waals surface area contributed by atoms with Crippen LogP contribution in [-0.4, -0.2) is 12.5 Å². The highest BCUT2D eigenvalue weighted by atomic mass is 32.1. The molecule has 3 N–H and O–H groups in total. The molecule has 0 aliphatic heterocycles. The van der Waals surface area contributed by atoms with Crippen LogP contribution in [0.1, 0.15) is 55.9 Å². The zero-order valence-electron chi connectivity index (χ0n) is 12.2. The quantitative estimate of drug-likeness (QED) is 0.571. The molecule has 0 saturated heterocycles. The molecule has 110 valence electrons. The number of rotatable bonds is 8. The van der Waals surface area contributed by atoms with Crippen molar-refractivity contribution in [2.24, 2.45) is 5.73 Å². The summed E-state index contributed by atoms with van der Waals surface area (Å²) in [6.45, 7) is 3.17. The second-order valence-corrected chi connectivity index (χ2v) is 5.74. The zero-order valence-corrected chi connectivity index (χ0v) is 13.0. The predicted molar refractivity (Wildman–Crippen MR) is 85.5 cm³/mol. The van der Waals surface area contributed by atoms with Crippen molar-refractivity contribution in [1.29, 1.82) is 0 Å². The van der Waals surface area contributed by atoms with Crippen molar-refractivity contribution in [2.45, 2.75) is 52.0 Å². The fraction of sp³-hybridized carbons (Fsp3) is 0.562. The van der Waals surface area contributed by atoms with E-state index in [1.54, 1.807) is 11.3 Å². The molecule has 0 spiro atoms. The molecule has 0 fully saturated rings. The molecule has 0 aromatic carbocycles. The fourth-order valence-electron chi connectivity index (χ4n) is 1.86. The van der Waals surface area contributed by atoms with E-state index in [-0.39, 0.29) is 5.91 Å². The van der Waals surface area contributed by atoms with Crippen molar-refractivity contribution in [2.75, 3.05) is 6.54 Å². The topological polar surface area (TPSA) is 55.1 Å². The van der Waals surface area contributed by atoms with E-state index < -0.39 is 0 Å². The SMILES string of the molecule is CCCCCCCC(=O)NCc1cc(C#CCN)cs1. The molecule has 4 heteroatoms. The molecule has 3 nitrogen and oxygen atoms in total. The maximum absolute atomic E-state index is 11.7. The summed E-state index contributed by atoms with van der Waals surface area (Å²) in [5, 5.41) is 4.95. The molecule has 1 aromatic heterocycles. The second-order valence-electron chi connectivity index (χ2n) is 4.75. The molecule has 0 saturated carbocycles. The van der Waals surface area contributed by atoms with Gasteiger partial charge in [-0.3, -0.25) is 4.79 Å².